The summed E-state index contributed by atoms with van der Waals surface area (Å²) in [6.45, 7) is 2.16. The Hall–Kier alpha value is -1.85. The van der Waals surface area contributed by atoms with Crippen LogP contribution in [-0.4, -0.2) is 26.6 Å². The van der Waals surface area contributed by atoms with Gasteiger partial charge >= 0.3 is 0 Å². The van der Waals surface area contributed by atoms with Crippen molar-refractivity contribution in [1.29, 1.82) is 0 Å². The van der Waals surface area contributed by atoms with Crippen LogP contribution in [-0.2, 0) is 0 Å². The fraction of sp³-hybridized carbons (Fsp3) is 0.583. The second kappa shape index (κ2) is 4.12. The van der Waals surface area contributed by atoms with Gasteiger partial charge in [-0.05, 0) is 19.3 Å². The molecule has 0 bridgehead atoms. The zero-order valence-electron chi connectivity index (χ0n) is 10.6. The van der Waals surface area contributed by atoms with Crippen molar-refractivity contribution in [2.24, 2.45) is 5.92 Å². The number of rotatable bonds is 4. The van der Waals surface area contributed by atoms with Gasteiger partial charge in [0.15, 0.2) is 11.2 Å². The van der Waals surface area contributed by atoms with Crippen LogP contribution < -0.4 is 10.5 Å². The Bertz CT molecular complexity index is 575. The summed E-state index contributed by atoms with van der Waals surface area (Å²) >= 11 is 0. The summed E-state index contributed by atoms with van der Waals surface area (Å²) in [6, 6.07) is 0.308. The predicted molar refractivity (Wildman–Crippen MR) is 68.3 cm³/mol. The summed E-state index contributed by atoms with van der Waals surface area (Å²) in [7, 11) is 1.57. The summed E-state index contributed by atoms with van der Waals surface area (Å²) in [4.78, 5) is 12.7. The fourth-order valence-corrected chi connectivity index (χ4v) is 2.43. The zero-order valence-corrected chi connectivity index (χ0v) is 10.6. The normalized spacial score (nSPS) is 17.0. The SMILES string of the molecule is COc1ncnc2c1nc(N)n2C(C)CC1CC1. The number of nitrogens with two attached hydrogens (primary N) is 1. The van der Waals surface area contributed by atoms with Gasteiger partial charge in [-0.2, -0.15) is 4.98 Å². The lowest BCUT2D eigenvalue weighted by Gasteiger charge is -2.14. The molecule has 2 aromatic rings. The van der Waals surface area contributed by atoms with E-state index in [0.717, 1.165) is 18.0 Å². The quantitative estimate of drug-likeness (QED) is 0.890. The van der Waals surface area contributed by atoms with Gasteiger partial charge in [0.05, 0.1) is 7.11 Å². The molecule has 2 heterocycles. The van der Waals surface area contributed by atoms with Crippen LogP contribution in [0.2, 0.25) is 0 Å². The van der Waals surface area contributed by atoms with Crippen LogP contribution in [0.4, 0.5) is 5.95 Å². The van der Waals surface area contributed by atoms with Crippen LogP contribution in [0, 0.1) is 5.92 Å². The molecule has 3 rings (SSSR count). The van der Waals surface area contributed by atoms with Crippen LogP contribution >= 0.6 is 0 Å². The van der Waals surface area contributed by atoms with Gasteiger partial charge in [0, 0.05) is 6.04 Å². The topological polar surface area (TPSA) is 78.8 Å². The number of nitrogen functional groups attached to an aromatic ring is 1. The highest BCUT2D eigenvalue weighted by atomic mass is 16.5. The molecule has 0 amide bonds. The summed E-state index contributed by atoms with van der Waals surface area (Å²) < 4.78 is 7.17. The lowest BCUT2D eigenvalue weighted by molar-refractivity contribution is 0.401. The first-order valence-corrected chi connectivity index (χ1v) is 6.23. The smallest absolute Gasteiger partial charge is 0.245 e. The van der Waals surface area contributed by atoms with Gasteiger partial charge in [0.1, 0.15) is 6.33 Å². The molecule has 1 atom stereocenters. The van der Waals surface area contributed by atoms with Gasteiger partial charge in [-0.25, -0.2) is 9.97 Å². The molecule has 0 aliphatic heterocycles. The third-order valence-corrected chi connectivity index (χ3v) is 3.48. The maximum absolute atomic E-state index is 6.00. The van der Waals surface area contributed by atoms with Crippen molar-refractivity contribution in [2.45, 2.75) is 32.2 Å². The van der Waals surface area contributed by atoms with Gasteiger partial charge < -0.3 is 10.5 Å². The minimum absolute atomic E-state index is 0.308. The molecule has 2 aromatic heterocycles. The first-order valence-electron chi connectivity index (χ1n) is 6.23. The molecule has 0 spiro atoms. The van der Waals surface area contributed by atoms with E-state index in [-0.39, 0.29) is 0 Å². The molecule has 1 aliphatic carbocycles. The fourth-order valence-electron chi connectivity index (χ4n) is 2.43. The molecule has 1 aliphatic rings. The summed E-state index contributed by atoms with van der Waals surface area (Å²) in [5.41, 5.74) is 7.40. The third kappa shape index (κ3) is 1.77. The number of ether oxygens (including phenoxy) is 1. The van der Waals surface area contributed by atoms with Crippen molar-refractivity contribution in [2.75, 3.05) is 12.8 Å². The standard InChI is InChI=1S/C12H17N5O/c1-7(5-8-3-4-8)17-10-9(16-12(17)13)11(18-2)15-6-14-10/h6-8H,3-5H2,1-2H3,(H2,13,16). The Morgan fingerprint density at radius 1 is 1.50 bits per heavy atom. The molecule has 1 fully saturated rings. The van der Waals surface area contributed by atoms with Crippen LogP contribution in [0.1, 0.15) is 32.2 Å². The number of methoxy groups -OCH3 is 1. The monoisotopic (exact) mass is 247 g/mol. The predicted octanol–water partition coefficient (Wildman–Crippen LogP) is 1.78. The first kappa shape index (κ1) is 11.3. The maximum atomic E-state index is 6.00. The third-order valence-electron chi connectivity index (χ3n) is 3.48. The molecule has 1 saturated carbocycles. The number of hydrogen-bond acceptors (Lipinski definition) is 5. The summed E-state index contributed by atoms with van der Waals surface area (Å²) in [5, 5.41) is 0. The Balaban J connectivity index is 2.07. The molecule has 0 saturated heterocycles. The van der Waals surface area contributed by atoms with Crippen LogP contribution in [0.15, 0.2) is 6.33 Å². The molecule has 0 radical (unpaired) electrons. The second-order valence-electron chi connectivity index (χ2n) is 4.92. The van der Waals surface area contributed by atoms with E-state index in [4.69, 9.17) is 10.5 Å². The van der Waals surface area contributed by atoms with Gasteiger partial charge in [-0.1, -0.05) is 12.8 Å². The molecular weight excluding hydrogens is 230 g/mol. The van der Waals surface area contributed by atoms with E-state index in [0.29, 0.717) is 23.4 Å². The van der Waals surface area contributed by atoms with E-state index >= 15 is 0 Å². The van der Waals surface area contributed by atoms with E-state index in [1.54, 1.807) is 7.11 Å². The lowest BCUT2D eigenvalue weighted by Crippen LogP contribution is -2.10. The molecule has 96 valence electrons. The average Bonchev–Trinajstić information content (AvgIpc) is 3.08. The number of aromatic nitrogens is 4. The second-order valence-corrected chi connectivity index (χ2v) is 4.92. The number of fused-ring (bicyclic) bond motifs is 1. The van der Waals surface area contributed by atoms with Crippen molar-refractivity contribution in [3.8, 4) is 5.88 Å². The first-order chi connectivity index (χ1) is 8.70. The number of imidazole rings is 1. The Morgan fingerprint density at radius 2 is 2.28 bits per heavy atom. The van der Waals surface area contributed by atoms with Crippen LogP contribution in [0.5, 0.6) is 5.88 Å². The van der Waals surface area contributed by atoms with Crippen molar-refractivity contribution >= 4 is 17.1 Å². The summed E-state index contributed by atoms with van der Waals surface area (Å²) in [6.07, 6.45) is 5.27. The highest BCUT2D eigenvalue weighted by Crippen LogP contribution is 2.38. The van der Waals surface area contributed by atoms with Crippen molar-refractivity contribution < 1.29 is 4.74 Å². The van der Waals surface area contributed by atoms with Gasteiger partial charge in [-0.3, -0.25) is 4.57 Å². The number of hydrogen-bond donors (Lipinski definition) is 1. The van der Waals surface area contributed by atoms with E-state index in [1.165, 1.54) is 19.2 Å². The molecule has 6 nitrogen and oxygen atoms in total. The number of nitrogens with zero attached hydrogens (tertiary/aromatic N) is 4. The van der Waals surface area contributed by atoms with Gasteiger partial charge in [0.25, 0.3) is 0 Å². The molecular formula is C12H17N5O. The highest BCUT2D eigenvalue weighted by Gasteiger charge is 2.26. The van der Waals surface area contributed by atoms with Crippen molar-refractivity contribution in [1.82, 2.24) is 19.5 Å². The lowest BCUT2D eigenvalue weighted by atomic mass is 10.1. The molecule has 0 aromatic carbocycles. The largest absolute Gasteiger partial charge is 0.479 e. The molecule has 1 unspecified atom stereocenters. The molecule has 2 N–H and O–H groups in total. The minimum atomic E-state index is 0.308. The van der Waals surface area contributed by atoms with Gasteiger partial charge in [-0.15, -0.1) is 0 Å². The minimum Gasteiger partial charge on any atom is -0.479 e. The maximum Gasteiger partial charge on any atom is 0.245 e. The van der Waals surface area contributed by atoms with E-state index in [2.05, 4.69) is 21.9 Å². The highest BCUT2D eigenvalue weighted by molar-refractivity contribution is 5.79. The Labute approximate surface area is 105 Å². The summed E-state index contributed by atoms with van der Waals surface area (Å²) in [5.74, 6) is 1.79. The zero-order chi connectivity index (χ0) is 12.7. The number of anilines is 1. The molecule has 18 heavy (non-hydrogen) atoms. The van der Waals surface area contributed by atoms with Crippen molar-refractivity contribution in [3.05, 3.63) is 6.33 Å². The van der Waals surface area contributed by atoms with E-state index in [1.807, 2.05) is 4.57 Å². The van der Waals surface area contributed by atoms with E-state index < -0.39 is 0 Å². The Morgan fingerprint density at radius 3 is 2.94 bits per heavy atom. The van der Waals surface area contributed by atoms with Crippen molar-refractivity contribution in [3.63, 3.8) is 0 Å². The van der Waals surface area contributed by atoms with Gasteiger partial charge in [0.2, 0.25) is 11.8 Å². The van der Waals surface area contributed by atoms with Crippen LogP contribution in [0.3, 0.4) is 0 Å². The molecule has 6 heteroatoms. The van der Waals surface area contributed by atoms with Crippen LogP contribution in [0.25, 0.3) is 11.2 Å². The van der Waals surface area contributed by atoms with E-state index in [9.17, 15) is 0 Å². The average molecular weight is 247 g/mol. The Kier molecular flexibility index (Phi) is 2.57.